The van der Waals surface area contributed by atoms with Gasteiger partial charge in [-0.2, -0.15) is 5.10 Å². The molecule has 0 aromatic carbocycles. The zero-order chi connectivity index (χ0) is 12.7. The van der Waals surface area contributed by atoms with E-state index in [0.29, 0.717) is 12.2 Å². The summed E-state index contributed by atoms with van der Waals surface area (Å²) in [5, 5.41) is 15.8. The quantitative estimate of drug-likeness (QED) is 0.595. The van der Waals surface area contributed by atoms with Gasteiger partial charge in [-0.15, -0.1) is 0 Å². The Labute approximate surface area is 105 Å². The first-order valence-electron chi connectivity index (χ1n) is 5.42. The molecule has 0 spiro atoms. The molecule has 0 aliphatic heterocycles. The van der Waals surface area contributed by atoms with Crippen LogP contribution in [0.3, 0.4) is 0 Å². The van der Waals surface area contributed by atoms with Crippen molar-refractivity contribution in [1.82, 2.24) is 9.78 Å². The van der Waals surface area contributed by atoms with E-state index in [4.69, 9.17) is 16.7 Å². The minimum absolute atomic E-state index is 0.105. The Morgan fingerprint density at radius 2 is 2.41 bits per heavy atom. The molecule has 0 aliphatic carbocycles. The first-order valence-corrected chi connectivity index (χ1v) is 5.80. The molecule has 0 amide bonds. The van der Waals surface area contributed by atoms with Crippen LogP contribution in [0.5, 0.6) is 0 Å². The first kappa shape index (κ1) is 13.7. The first-order chi connectivity index (χ1) is 8.20. The Hall–Kier alpha value is -1.33. The van der Waals surface area contributed by atoms with E-state index in [0.717, 1.165) is 11.1 Å². The van der Waals surface area contributed by atoms with Crippen molar-refractivity contribution in [3.05, 3.63) is 33.7 Å². The molecular formula is C11H16ClN3O2. The number of nitrogens with one attached hydrogen (secondary N) is 1. The highest BCUT2D eigenvalue weighted by Gasteiger charge is 2.07. The van der Waals surface area contributed by atoms with E-state index < -0.39 is 5.56 Å². The van der Waals surface area contributed by atoms with Crippen molar-refractivity contribution in [3.63, 3.8) is 0 Å². The molecule has 2 N–H and O–H groups in total. The minimum Gasteiger partial charge on any atom is -0.394 e. The molecule has 1 heterocycles. The fourth-order valence-electron chi connectivity index (χ4n) is 1.30. The summed E-state index contributed by atoms with van der Waals surface area (Å²) in [7, 11) is 0. The SMILES string of the molecule is C/C=C/CCNc1cnn(CCO)c(=O)c1Cl. The lowest BCUT2D eigenvalue weighted by atomic mass is 10.3. The number of aromatic nitrogens is 2. The topological polar surface area (TPSA) is 67.2 Å². The maximum absolute atomic E-state index is 11.7. The molecule has 0 bridgehead atoms. The third-order valence-corrected chi connectivity index (χ3v) is 2.52. The summed E-state index contributed by atoms with van der Waals surface area (Å²) in [6, 6.07) is 0. The number of aliphatic hydroxyl groups is 1. The Morgan fingerprint density at radius 3 is 3.06 bits per heavy atom. The van der Waals surface area contributed by atoms with Crippen LogP contribution in [0.25, 0.3) is 0 Å². The summed E-state index contributed by atoms with van der Waals surface area (Å²) >= 11 is 5.91. The molecule has 94 valence electrons. The highest BCUT2D eigenvalue weighted by molar-refractivity contribution is 6.32. The van der Waals surface area contributed by atoms with Gasteiger partial charge in [0.25, 0.3) is 5.56 Å². The lowest BCUT2D eigenvalue weighted by Gasteiger charge is -2.08. The average Bonchev–Trinajstić information content (AvgIpc) is 2.33. The highest BCUT2D eigenvalue weighted by Crippen LogP contribution is 2.14. The third-order valence-electron chi connectivity index (χ3n) is 2.16. The largest absolute Gasteiger partial charge is 0.394 e. The second-order valence-corrected chi connectivity index (χ2v) is 3.79. The van der Waals surface area contributed by atoms with Crippen molar-refractivity contribution in [2.75, 3.05) is 18.5 Å². The number of aliphatic hydroxyl groups excluding tert-OH is 1. The Morgan fingerprint density at radius 1 is 1.65 bits per heavy atom. The predicted octanol–water partition coefficient (Wildman–Crippen LogP) is 1.27. The van der Waals surface area contributed by atoms with Gasteiger partial charge < -0.3 is 10.4 Å². The van der Waals surface area contributed by atoms with E-state index in [2.05, 4.69) is 10.4 Å². The summed E-state index contributed by atoms with van der Waals surface area (Å²) in [6.07, 6.45) is 6.32. The second-order valence-electron chi connectivity index (χ2n) is 3.41. The standard InChI is InChI=1S/C11H16ClN3O2/c1-2-3-4-5-13-9-8-14-15(6-7-16)11(17)10(9)12/h2-3,8,13,16H,4-7H2,1H3/b3-2+. The molecule has 0 saturated heterocycles. The maximum atomic E-state index is 11.7. The van der Waals surface area contributed by atoms with Crippen LogP contribution in [0, 0.1) is 0 Å². The monoisotopic (exact) mass is 257 g/mol. The molecule has 1 aromatic heterocycles. The molecule has 1 rings (SSSR count). The Bertz CT molecular complexity index is 443. The second kappa shape index (κ2) is 7.09. The van der Waals surface area contributed by atoms with Crippen molar-refractivity contribution >= 4 is 17.3 Å². The van der Waals surface area contributed by atoms with Crippen LogP contribution in [0.15, 0.2) is 23.1 Å². The van der Waals surface area contributed by atoms with E-state index in [-0.39, 0.29) is 18.2 Å². The van der Waals surface area contributed by atoms with E-state index in [1.807, 2.05) is 19.1 Å². The van der Waals surface area contributed by atoms with Gasteiger partial charge in [-0.25, -0.2) is 4.68 Å². The third kappa shape index (κ3) is 3.87. The molecule has 1 aromatic rings. The van der Waals surface area contributed by atoms with Gasteiger partial charge in [-0.05, 0) is 13.3 Å². The maximum Gasteiger partial charge on any atom is 0.287 e. The number of nitrogens with zero attached hydrogens (tertiary/aromatic N) is 2. The normalized spacial score (nSPS) is 11.0. The van der Waals surface area contributed by atoms with Crippen LogP contribution in [-0.2, 0) is 6.54 Å². The van der Waals surface area contributed by atoms with Crippen LogP contribution in [-0.4, -0.2) is 28.0 Å². The molecule has 0 aliphatic rings. The predicted molar refractivity (Wildman–Crippen MR) is 68.5 cm³/mol. The van der Waals surface area contributed by atoms with E-state index in [1.165, 1.54) is 6.20 Å². The number of halogens is 1. The van der Waals surface area contributed by atoms with Crippen molar-refractivity contribution in [2.24, 2.45) is 0 Å². The van der Waals surface area contributed by atoms with Crippen molar-refractivity contribution < 1.29 is 5.11 Å². The van der Waals surface area contributed by atoms with Gasteiger partial charge in [0.1, 0.15) is 5.02 Å². The summed E-state index contributed by atoms with van der Waals surface area (Å²) in [4.78, 5) is 11.7. The zero-order valence-electron chi connectivity index (χ0n) is 9.69. The van der Waals surface area contributed by atoms with Gasteiger partial charge in [0.05, 0.1) is 25.0 Å². The average molecular weight is 258 g/mol. The zero-order valence-corrected chi connectivity index (χ0v) is 10.4. The van der Waals surface area contributed by atoms with Crippen molar-refractivity contribution in [3.8, 4) is 0 Å². The van der Waals surface area contributed by atoms with Crippen LogP contribution >= 0.6 is 11.6 Å². The fraction of sp³-hybridized carbons (Fsp3) is 0.455. The summed E-state index contributed by atoms with van der Waals surface area (Å²) in [5.74, 6) is 0. The van der Waals surface area contributed by atoms with Gasteiger partial charge in [0.15, 0.2) is 0 Å². The summed E-state index contributed by atoms with van der Waals surface area (Å²) in [6.45, 7) is 2.65. The van der Waals surface area contributed by atoms with Crippen molar-refractivity contribution in [2.45, 2.75) is 19.9 Å². The fourth-order valence-corrected chi connectivity index (χ4v) is 1.51. The van der Waals surface area contributed by atoms with E-state index >= 15 is 0 Å². The van der Waals surface area contributed by atoms with Crippen LogP contribution in [0.1, 0.15) is 13.3 Å². The molecule has 6 heteroatoms. The number of hydrogen-bond donors (Lipinski definition) is 2. The van der Waals surface area contributed by atoms with Gasteiger partial charge in [0.2, 0.25) is 0 Å². The van der Waals surface area contributed by atoms with Gasteiger partial charge in [-0.1, -0.05) is 23.8 Å². The highest BCUT2D eigenvalue weighted by atomic mass is 35.5. The van der Waals surface area contributed by atoms with Crippen LogP contribution < -0.4 is 10.9 Å². The number of rotatable bonds is 6. The molecule has 5 nitrogen and oxygen atoms in total. The number of allylic oxidation sites excluding steroid dienone is 1. The summed E-state index contributed by atoms with van der Waals surface area (Å²) < 4.78 is 1.14. The molecule has 0 fully saturated rings. The minimum atomic E-state index is -0.392. The Kier molecular flexibility index (Phi) is 5.72. The molecule has 0 atom stereocenters. The van der Waals surface area contributed by atoms with Gasteiger partial charge in [0, 0.05) is 6.54 Å². The van der Waals surface area contributed by atoms with Crippen molar-refractivity contribution in [1.29, 1.82) is 0 Å². The van der Waals surface area contributed by atoms with Gasteiger partial charge in [-0.3, -0.25) is 4.79 Å². The molecule has 17 heavy (non-hydrogen) atoms. The van der Waals surface area contributed by atoms with Crippen LogP contribution in [0.2, 0.25) is 5.02 Å². The lowest BCUT2D eigenvalue weighted by molar-refractivity contribution is 0.266. The van der Waals surface area contributed by atoms with E-state index in [1.54, 1.807) is 0 Å². The number of hydrogen-bond acceptors (Lipinski definition) is 4. The van der Waals surface area contributed by atoms with E-state index in [9.17, 15) is 4.79 Å². The lowest BCUT2D eigenvalue weighted by Crippen LogP contribution is -2.25. The molecular weight excluding hydrogens is 242 g/mol. The Balaban J connectivity index is 2.74. The number of anilines is 1. The smallest absolute Gasteiger partial charge is 0.287 e. The molecule has 0 radical (unpaired) electrons. The molecule has 0 saturated carbocycles. The van der Waals surface area contributed by atoms with Gasteiger partial charge >= 0.3 is 0 Å². The summed E-state index contributed by atoms with van der Waals surface area (Å²) in [5.41, 5.74) is 0.132. The van der Waals surface area contributed by atoms with Crippen LogP contribution in [0.4, 0.5) is 5.69 Å². The molecule has 0 unspecified atom stereocenters.